The minimum absolute atomic E-state index is 0.274. The number of thioether (sulfide) groups is 1. The molecule has 11 heteroatoms. The number of rotatable bonds is 13. The van der Waals surface area contributed by atoms with Crippen molar-refractivity contribution in [3.8, 4) is 0 Å². The number of hydrogen-bond donors (Lipinski definition) is 4. The lowest BCUT2D eigenvalue weighted by atomic mass is 10.3. The van der Waals surface area contributed by atoms with E-state index in [0.29, 0.717) is 5.75 Å². The van der Waals surface area contributed by atoms with Gasteiger partial charge in [0, 0.05) is 31.1 Å². The molecule has 0 aliphatic rings. The molecule has 0 aromatic rings. The molecule has 1 unspecified atom stereocenters. The van der Waals surface area contributed by atoms with Crippen LogP contribution in [0.15, 0.2) is 0 Å². The maximum Gasteiger partial charge on any atom is 0.327 e. The molecule has 4 N–H and O–H groups in total. The lowest BCUT2D eigenvalue weighted by Gasteiger charge is -2.13. The zero-order valence-corrected chi connectivity index (χ0v) is 15.9. The molecule has 0 aromatic heterocycles. The molecular formula is C13H22N2O6S3. The van der Waals surface area contributed by atoms with E-state index < -0.39 is 24.0 Å². The smallest absolute Gasteiger partial charge is 0.327 e. The first-order valence-corrected chi connectivity index (χ1v) is 10.7. The standard InChI is InChI=1S/C13H22N2O6S3/c1-8(16)14-10(12(18)19)6-22-4-3-5-23-24-7-11(13(20)21)15-9(2)17/h10-11H,3-7H2,1-2H3,(H,14,16)(H,15,17)(H,18,19)(H,20,21)/t10-,11?/m0/s1. The van der Waals surface area contributed by atoms with E-state index in [9.17, 15) is 19.2 Å². The third kappa shape index (κ3) is 12.4. The summed E-state index contributed by atoms with van der Waals surface area (Å²) in [7, 11) is 2.87. The average molecular weight is 399 g/mol. The Labute approximate surface area is 152 Å². The van der Waals surface area contributed by atoms with Crippen LogP contribution in [0.1, 0.15) is 20.3 Å². The van der Waals surface area contributed by atoms with Crippen LogP contribution in [-0.2, 0) is 19.2 Å². The number of carbonyl (C=O) groups is 4. The van der Waals surface area contributed by atoms with Crippen molar-refractivity contribution in [2.75, 3.05) is 23.0 Å². The molecule has 0 heterocycles. The SMILES string of the molecule is CC(=O)NC(CSSCCCSC[C@H](NC(C)=O)C(=O)O)C(=O)O. The van der Waals surface area contributed by atoms with Crippen LogP contribution < -0.4 is 10.6 Å². The van der Waals surface area contributed by atoms with E-state index in [2.05, 4.69) is 10.6 Å². The molecule has 2 atom stereocenters. The van der Waals surface area contributed by atoms with Gasteiger partial charge in [-0.15, -0.1) is 0 Å². The number of nitrogens with one attached hydrogen (secondary N) is 2. The number of carbonyl (C=O) groups excluding carboxylic acids is 2. The Bertz CT molecular complexity index is 409. The predicted molar refractivity (Wildman–Crippen MR) is 97.3 cm³/mol. The van der Waals surface area contributed by atoms with Crippen LogP contribution >= 0.6 is 33.3 Å². The van der Waals surface area contributed by atoms with Gasteiger partial charge < -0.3 is 20.8 Å². The highest BCUT2D eigenvalue weighted by atomic mass is 33.1. The summed E-state index contributed by atoms with van der Waals surface area (Å²) >= 11 is 1.44. The van der Waals surface area contributed by atoms with Crippen molar-refractivity contribution >= 4 is 57.1 Å². The number of carboxylic acids is 2. The molecule has 0 saturated heterocycles. The van der Waals surface area contributed by atoms with Gasteiger partial charge in [-0.2, -0.15) is 11.8 Å². The zero-order chi connectivity index (χ0) is 18.5. The molecule has 0 radical (unpaired) electrons. The molecule has 0 rings (SSSR count). The third-order valence-corrected chi connectivity index (χ3v) is 6.12. The summed E-state index contributed by atoms with van der Waals surface area (Å²) in [5, 5.41) is 22.6. The van der Waals surface area contributed by atoms with Gasteiger partial charge in [-0.3, -0.25) is 9.59 Å². The van der Waals surface area contributed by atoms with Crippen LogP contribution in [0.2, 0.25) is 0 Å². The quantitative estimate of drug-likeness (QED) is 0.261. The van der Waals surface area contributed by atoms with Crippen LogP contribution in [0.3, 0.4) is 0 Å². The minimum Gasteiger partial charge on any atom is -0.480 e. The number of hydrogen-bond acceptors (Lipinski definition) is 7. The zero-order valence-electron chi connectivity index (χ0n) is 13.4. The van der Waals surface area contributed by atoms with Gasteiger partial charge in [0.05, 0.1) is 0 Å². The fourth-order valence-corrected chi connectivity index (χ4v) is 4.84. The second kappa shape index (κ2) is 13.2. The van der Waals surface area contributed by atoms with E-state index in [1.54, 1.807) is 0 Å². The van der Waals surface area contributed by atoms with E-state index in [1.807, 2.05) is 0 Å². The number of amides is 2. The Balaban J connectivity index is 3.75. The fraction of sp³-hybridized carbons (Fsp3) is 0.692. The van der Waals surface area contributed by atoms with Crippen molar-refractivity contribution in [1.29, 1.82) is 0 Å². The summed E-state index contributed by atoms with van der Waals surface area (Å²) in [6, 6.07) is -1.79. The Hall–Kier alpha value is -1.07. The van der Waals surface area contributed by atoms with E-state index in [-0.39, 0.29) is 17.6 Å². The van der Waals surface area contributed by atoms with Crippen LogP contribution in [0.5, 0.6) is 0 Å². The van der Waals surface area contributed by atoms with Gasteiger partial charge in [-0.25, -0.2) is 9.59 Å². The van der Waals surface area contributed by atoms with Gasteiger partial charge in [-0.1, -0.05) is 21.6 Å². The molecule has 0 aromatic carbocycles. The van der Waals surface area contributed by atoms with E-state index in [4.69, 9.17) is 10.2 Å². The molecule has 0 fully saturated rings. The first kappa shape index (κ1) is 22.9. The Morgan fingerprint density at radius 3 is 1.79 bits per heavy atom. The maximum absolute atomic E-state index is 10.9. The molecule has 0 aliphatic heterocycles. The van der Waals surface area contributed by atoms with E-state index in [0.717, 1.165) is 17.9 Å². The summed E-state index contributed by atoms with van der Waals surface area (Å²) in [6.45, 7) is 2.55. The van der Waals surface area contributed by atoms with Crippen LogP contribution in [0.25, 0.3) is 0 Å². The molecule has 0 saturated carbocycles. The van der Waals surface area contributed by atoms with Crippen LogP contribution in [0, 0.1) is 0 Å². The van der Waals surface area contributed by atoms with Crippen molar-refractivity contribution in [1.82, 2.24) is 10.6 Å². The third-order valence-electron chi connectivity index (χ3n) is 2.47. The van der Waals surface area contributed by atoms with Gasteiger partial charge in [0.15, 0.2) is 0 Å². The highest BCUT2D eigenvalue weighted by Crippen LogP contribution is 2.23. The van der Waals surface area contributed by atoms with Crippen molar-refractivity contribution in [2.45, 2.75) is 32.4 Å². The summed E-state index contributed by atoms with van der Waals surface area (Å²) in [4.78, 5) is 43.6. The second-order valence-electron chi connectivity index (χ2n) is 4.72. The Morgan fingerprint density at radius 1 is 0.833 bits per heavy atom. The molecule has 0 bridgehead atoms. The van der Waals surface area contributed by atoms with Crippen molar-refractivity contribution in [2.24, 2.45) is 0 Å². The van der Waals surface area contributed by atoms with Crippen LogP contribution in [0.4, 0.5) is 0 Å². The first-order valence-electron chi connectivity index (χ1n) is 7.06. The summed E-state index contributed by atoms with van der Waals surface area (Å²) < 4.78 is 0. The first-order chi connectivity index (χ1) is 11.2. The lowest BCUT2D eigenvalue weighted by molar-refractivity contribution is -0.141. The number of aliphatic carboxylic acids is 2. The fourth-order valence-electron chi connectivity index (χ4n) is 1.44. The molecule has 2 amide bonds. The largest absolute Gasteiger partial charge is 0.480 e. The van der Waals surface area contributed by atoms with Crippen LogP contribution in [-0.4, -0.2) is 69.1 Å². The van der Waals surface area contributed by atoms with Gasteiger partial charge in [-0.05, 0) is 12.2 Å². The molecule has 0 spiro atoms. The van der Waals surface area contributed by atoms with Gasteiger partial charge in [0.2, 0.25) is 11.8 Å². The van der Waals surface area contributed by atoms with Gasteiger partial charge >= 0.3 is 11.9 Å². The van der Waals surface area contributed by atoms with Gasteiger partial charge in [0.25, 0.3) is 0 Å². The maximum atomic E-state index is 10.9. The summed E-state index contributed by atoms with van der Waals surface area (Å²) in [6.07, 6.45) is 0.826. The number of carboxylic acid groups (broad SMARTS) is 2. The van der Waals surface area contributed by atoms with Gasteiger partial charge in [0.1, 0.15) is 12.1 Å². The van der Waals surface area contributed by atoms with Crippen molar-refractivity contribution in [3.63, 3.8) is 0 Å². The predicted octanol–water partition coefficient (Wildman–Crippen LogP) is 0.670. The van der Waals surface area contributed by atoms with E-state index in [1.165, 1.54) is 47.2 Å². The molecule has 24 heavy (non-hydrogen) atoms. The summed E-state index contributed by atoms with van der Waals surface area (Å²) in [5.74, 6) is -0.773. The topological polar surface area (TPSA) is 133 Å². The highest BCUT2D eigenvalue weighted by Gasteiger charge is 2.19. The Kier molecular flexibility index (Phi) is 12.7. The van der Waals surface area contributed by atoms with Crippen molar-refractivity contribution in [3.05, 3.63) is 0 Å². The molecule has 138 valence electrons. The second-order valence-corrected chi connectivity index (χ2v) is 8.49. The highest BCUT2D eigenvalue weighted by molar-refractivity contribution is 8.76. The monoisotopic (exact) mass is 398 g/mol. The molecular weight excluding hydrogens is 376 g/mol. The molecule has 0 aliphatic carbocycles. The minimum atomic E-state index is -1.06. The average Bonchev–Trinajstić information content (AvgIpc) is 2.46. The Morgan fingerprint density at radius 2 is 1.33 bits per heavy atom. The summed E-state index contributed by atoms with van der Waals surface area (Å²) in [5.41, 5.74) is 0. The normalized spacial score (nSPS) is 12.9. The molecule has 8 nitrogen and oxygen atoms in total. The van der Waals surface area contributed by atoms with Crippen molar-refractivity contribution < 1.29 is 29.4 Å². The lowest BCUT2D eigenvalue weighted by Crippen LogP contribution is -2.41. The van der Waals surface area contributed by atoms with E-state index >= 15 is 0 Å².